The van der Waals surface area contributed by atoms with E-state index < -0.39 is 0 Å². The third-order valence-electron chi connectivity index (χ3n) is 3.92. The largest absolute Gasteiger partial charge is 0.497 e. The SMILES string of the molecule is COc1ccc(/C=C2/SC(=S)N(CC(=O)Nc3ccc(C)cc3)C2=O)cc1. The van der Waals surface area contributed by atoms with E-state index in [1.807, 2.05) is 55.5 Å². The van der Waals surface area contributed by atoms with E-state index in [9.17, 15) is 9.59 Å². The lowest BCUT2D eigenvalue weighted by atomic mass is 10.2. The number of nitrogens with one attached hydrogen (secondary N) is 1. The Kier molecular flexibility index (Phi) is 5.93. The molecule has 0 aromatic heterocycles. The van der Waals surface area contributed by atoms with Crippen molar-refractivity contribution in [3.05, 3.63) is 64.6 Å². The van der Waals surface area contributed by atoms with Gasteiger partial charge >= 0.3 is 0 Å². The molecule has 0 radical (unpaired) electrons. The van der Waals surface area contributed by atoms with E-state index >= 15 is 0 Å². The van der Waals surface area contributed by atoms with Crippen LogP contribution in [-0.2, 0) is 9.59 Å². The van der Waals surface area contributed by atoms with Crippen molar-refractivity contribution in [2.24, 2.45) is 0 Å². The zero-order chi connectivity index (χ0) is 19.4. The van der Waals surface area contributed by atoms with Crippen LogP contribution in [0.2, 0.25) is 0 Å². The minimum absolute atomic E-state index is 0.113. The minimum Gasteiger partial charge on any atom is -0.497 e. The van der Waals surface area contributed by atoms with Crippen molar-refractivity contribution in [1.29, 1.82) is 0 Å². The molecule has 5 nitrogen and oxygen atoms in total. The van der Waals surface area contributed by atoms with Crippen LogP contribution in [-0.4, -0.2) is 34.7 Å². The molecule has 1 saturated heterocycles. The molecule has 138 valence electrons. The van der Waals surface area contributed by atoms with E-state index in [4.69, 9.17) is 17.0 Å². The number of methoxy groups -OCH3 is 1. The van der Waals surface area contributed by atoms with E-state index in [-0.39, 0.29) is 18.4 Å². The van der Waals surface area contributed by atoms with Crippen LogP contribution in [0.5, 0.6) is 5.75 Å². The lowest BCUT2D eigenvalue weighted by molar-refractivity contribution is -0.126. The van der Waals surface area contributed by atoms with Crippen molar-refractivity contribution < 1.29 is 14.3 Å². The summed E-state index contributed by atoms with van der Waals surface area (Å²) in [6, 6.07) is 14.8. The van der Waals surface area contributed by atoms with Crippen molar-refractivity contribution in [2.45, 2.75) is 6.92 Å². The van der Waals surface area contributed by atoms with Gasteiger partial charge in [0.2, 0.25) is 5.91 Å². The first-order valence-electron chi connectivity index (χ1n) is 8.22. The van der Waals surface area contributed by atoms with Crippen molar-refractivity contribution in [3.63, 3.8) is 0 Å². The number of nitrogens with zero attached hydrogens (tertiary/aromatic N) is 1. The molecule has 0 aliphatic carbocycles. The summed E-state index contributed by atoms with van der Waals surface area (Å²) in [4.78, 5) is 26.7. The number of ether oxygens (including phenoxy) is 1. The maximum Gasteiger partial charge on any atom is 0.266 e. The third kappa shape index (κ3) is 4.75. The quantitative estimate of drug-likeness (QED) is 0.613. The zero-order valence-electron chi connectivity index (χ0n) is 14.9. The molecular weight excluding hydrogens is 380 g/mol. The molecule has 1 fully saturated rings. The fourth-order valence-electron chi connectivity index (χ4n) is 2.47. The predicted octanol–water partition coefficient (Wildman–Crippen LogP) is 3.84. The van der Waals surface area contributed by atoms with Crippen LogP contribution < -0.4 is 10.1 Å². The van der Waals surface area contributed by atoms with E-state index in [0.717, 1.165) is 16.9 Å². The molecule has 2 aromatic carbocycles. The Bertz CT molecular complexity index is 906. The average molecular weight is 399 g/mol. The van der Waals surface area contributed by atoms with Gasteiger partial charge < -0.3 is 10.1 Å². The lowest BCUT2D eigenvalue weighted by Gasteiger charge is -2.14. The van der Waals surface area contributed by atoms with Gasteiger partial charge in [-0.25, -0.2) is 0 Å². The summed E-state index contributed by atoms with van der Waals surface area (Å²) in [5.74, 6) is 0.188. The number of rotatable bonds is 5. The number of hydrogen-bond acceptors (Lipinski definition) is 5. The molecule has 0 saturated carbocycles. The maximum absolute atomic E-state index is 12.6. The first-order valence-corrected chi connectivity index (χ1v) is 9.44. The summed E-state index contributed by atoms with van der Waals surface area (Å²) in [6.45, 7) is 1.86. The van der Waals surface area contributed by atoms with Crippen LogP contribution in [0.4, 0.5) is 5.69 Å². The second-order valence-corrected chi connectivity index (χ2v) is 7.63. The Morgan fingerprint density at radius 2 is 1.85 bits per heavy atom. The normalized spacial score (nSPS) is 15.3. The molecule has 1 heterocycles. The Labute approximate surface area is 167 Å². The molecule has 1 N–H and O–H groups in total. The number of thiocarbonyl (C=S) groups is 1. The molecule has 2 amide bonds. The summed E-state index contributed by atoms with van der Waals surface area (Å²) in [5.41, 5.74) is 2.65. The van der Waals surface area contributed by atoms with Gasteiger partial charge in [0, 0.05) is 5.69 Å². The second-order valence-electron chi connectivity index (χ2n) is 5.96. The van der Waals surface area contributed by atoms with Crippen LogP contribution in [0.3, 0.4) is 0 Å². The van der Waals surface area contributed by atoms with Crippen LogP contribution >= 0.6 is 24.0 Å². The van der Waals surface area contributed by atoms with E-state index in [1.165, 1.54) is 16.7 Å². The predicted molar refractivity (Wildman–Crippen MR) is 113 cm³/mol. The molecule has 0 bridgehead atoms. The van der Waals surface area contributed by atoms with Crippen molar-refractivity contribution in [1.82, 2.24) is 4.90 Å². The van der Waals surface area contributed by atoms with Gasteiger partial charge in [0.1, 0.15) is 16.6 Å². The smallest absolute Gasteiger partial charge is 0.266 e. The highest BCUT2D eigenvalue weighted by Crippen LogP contribution is 2.32. The van der Waals surface area contributed by atoms with Crippen LogP contribution in [0, 0.1) is 6.92 Å². The number of hydrogen-bond donors (Lipinski definition) is 1. The molecule has 0 unspecified atom stereocenters. The van der Waals surface area contributed by atoms with E-state index in [0.29, 0.717) is 14.9 Å². The van der Waals surface area contributed by atoms with Gasteiger partial charge in [-0.1, -0.05) is 53.8 Å². The highest BCUT2D eigenvalue weighted by molar-refractivity contribution is 8.26. The summed E-state index contributed by atoms with van der Waals surface area (Å²) < 4.78 is 5.50. The first-order chi connectivity index (χ1) is 13.0. The number of anilines is 1. The fourth-order valence-corrected chi connectivity index (χ4v) is 3.72. The molecule has 1 aliphatic heterocycles. The maximum atomic E-state index is 12.6. The van der Waals surface area contributed by atoms with E-state index in [2.05, 4.69) is 5.32 Å². The van der Waals surface area contributed by atoms with Gasteiger partial charge in [0.25, 0.3) is 5.91 Å². The number of aryl methyl sites for hydroxylation is 1. The minimum atomic E-state index is -0.291. The molecule has 1 aliphatic rings. The average Bonchev–Trinajstić information content (AvgIpc) is 2.91. The topological polar surface area (TPSA) is 58.6 Å². The van der Waals surface area contributed by atoms with Crippen LogP contribution in [0.1, 0.15) is 11.1 Å². The molecule has 0 atom stereocenters. The van der Waals surface area contributed by atoms with Crippen LogP contribution in [0.25, 0.3) is 6.08 Å². The summed E-state index contributed by atoms with van der Waals surface area (Å²) in [6.07, 6.45) is 1.76. The third-order valence-corrected chi connectivity index (χ3v) is 5.30. The Morgan fingerprint density at radius 1 is 1.19 bits per heavy atom. The van der Waals surface area contributed by atoms with Gasteiger partial charge in [-0.15, -0.1) is 0 Å². The standard InChI is InChI=1S/C20H18N2O3S2/c1-13-3-7-15(8-4-13)21-18(23)12-22-19(24)17(27-20(22)26)11-14-5-9-16(25-2)10-6-14/h3-11H,12H2,1-2H3,(H,21,23)/b17-11+. The molecule has 0 spiro atoms. The van der Waals surface area contributed by atoms with Gasteiger partial charge in [0.15, 0.2) is 0 Å². The van der Waals surface area contributed by atoms with Gasteiger partial charge in [-0.05, 0) is 42.8 Å². The number of carbonyl (C=O) groups is 2. The van der Waals surface area contributed by atoms with Gasteiger partial charge in [-0.3, -0.25) is 14.5 Å². The van der Waals surface area contributed by atoms with Gasteiger partial charge in [-0.2, -0.15) is 0 Å². The number of amides is 2. The summed E-state index contributed by atoms with van der Waals surface area (Å²) in [5, 5.41) is 2.78. The highest BCUT2D eigenvalue weighted by atomic mass is 32.2. The fraction of sp³-hybridized carbons (Fsp3) is 0.150. The van der Waals surface area contributed by atoms with Crippen LogP contribution in [0.15, 0.2) is 53.4 Å². The molecule has 7 heteroatoms. The summed E-state index contributed by atoms with van der Waals surface area (Å²) in [7, 11) is 1.60. The van der Waals surface area contributed by atoms with E-state index in [1.54, 1.807) is 13.2 Å². The molecule has 2 aromatic rings. The molecule has 3 rings (SSSR count). The number of benzene rings is 2. The van der Waals surface area contributed by atoms with Crippen molar-refractivity contribution in [2.75, 3.05) is 19.0 Å². The lowest BCUT2D eigenvalue weighted by Crippen LogP contribution is -2.36. The molecule has 27 heavy (non-hydrogen) atoms. The number of carbonyl (C=O) groups excluding carboxylic acids is 2. The Balaban J connectivity index is 1.67. The first kappa shape index (κ1) is 19.1. The van der Waals surface area contributed by atoms with Crippen molar-refractivity contribution in [3.8, 4) is 5.75 Å². The van der Waals surface area contributed by atoms with Crippen molar-refractivity contribution >= 4 is 51.9 Å². The Morgan fingerprint density at radius 3 is 2.48 bits per heavy atom. The monoisotopic (exact) mass is 398 g/mol. The summed E-state index contributed by atoms with van der Waals surface area (Å²) >= 11 is 6.47. The van der Waals surface area contributed by atoms with Gasteiger partial charge in [0.05, 0.1) is 12.0 Å². The Hall–Kier alpha value is -2.64. The second kappa shape index (κ2) is 8.37. The zero-order valence-corrected chi connectivity index (χ0v) is 16.5. The number of thioether (sulfide) groups is 1. The highest BCUT2D eigenvalue weighted by Gasteiger charge is 2.33. The molecular formula is C20H18N2O3S2.